The molecule has 0 radical (unpaired) electrons. The van der Waals surface area contributed by atoms with Gasteiger partial charge >= 0.3 is 5.97 Å². The number of hydrogen-bond donors (Lipinski definition) is 1. The van der Waals surface area contributed by atoms with E-state index in [1.54, 1.807) is 18.1 Å². The maximum absolute atomic E-state index is 13.5. The first kappa shape index (κ1) is 23.8. The summed E-state index contributed by atoms with van der Waals surface area (Å²) in [7, 11) is 1.55. The molecule has 1 saturated carbocycles. The van der Waals surface area contributed by atoms with E-state index >= 15 is 0 Å². The SMILES string of the molecule is COc1ccc(-c2ccccc2-c2csc(N(C(=O)[C@@H](CC(=O)O)CC(C)C)C3CC3)n2)nn1. The van der Waals surface area contributed by atoms with Gasteiger partial charge in [0.15, 0.2) is 5.13 Å². The molecule has 1 aliphatic rings. The van der Waals surface area contributed by atoms with E-state index in [1.807, 2.05) is 49.6 Å². The Morgan fingerprint density at radius 1 is 1.12 bits per heavy atom. The Morgan fingerprint density at radius 3 is 2.38 bits per heavy atom. The van der Waals surface area contributed by atoms with Crippen LogP contribution in [0.1, 0.15) is 39.5 Å². The minimum Gasteiger partial charge on any atom is -0.481 e. The van der Waals surface area contributed by atoms with E-state index in [9.17, 15) is 14.7 Å². The van der Waals surface area contributed by atoms with Crippen molar-refractivity contribution < 1.29 is 19.4 Å². The lowest BCUT2D eigenvalue weighted by atomic mass is 9.93. The van der Waals surface area contributed by atoms with Crippen LogP contribution >= 0.6 is 11.3 Å². The predicted octanol–water partition coefficient (Wildman–Crippen LogP) is 4.91. The predicted molar refractivity (Wildman–Crippen MR) is 131 cm³/mol. The lowest BCUT2D eigenvalue weighted by Gasteiger charge is -2.25. The van der Waals surface area contributed by atoms with Crippen molar-refractivity contribution in [3.8, 4) is 28.4 Å². The zero-order valence-electron chi connectivity index (χ0n) is 19.5. The number of aromatic nitrogens is 3. The van der Waals surface area contributed by atoms with Gasteiger partial charge in [-0.2, -0.15) is 0 Å². The Hall–Kier alpha value is -3.33. The number of ether oxygens (including phenoxy) is 1. The molecule has 8 nitrogen and oxygen atoms in total. The number of carbonyl (C=O) groups is 2. The summed E-state index contributed by atoms with van der Waals surface area (Å²) in [6, 6.07) is 11.5. The highest BCUT2D eigenvalue weighted by atomic mass is 32.1. The first-order chi connectivity index (χ1) is 16.4. The van der Waals surface area contributed by atoms with Crippen LogP contribution in [0.2, 0.25) is 0 Å². The highest BCUT2D eigenvalue weighted by Crippen LogP contribution is 2.39. The van der Waals surface area contributed by atoms with Crippen LogP contribution in [-0.4, -0.2) is 45.3 Å². The molecule has 4 rings (SSSR count). The smallest absolute Gasteiger partial charge is 0.304 e. The van der Waals surface area contributed by atoms with Gasteiger partial charge in [-0.15, -0.1) is 21.5 Å². The molecule has 1 amide bonds. The summed E-state index contributed by atoms with van der Waals surface area (Å²) in [5, 5.41) is 20.3. The van der Waals surface area contributed by atoms with E-state index in [4.69, 9.17) is 9.72 Å². The van der Waals surface area contributed by atoms with Crippen molar-refractivity contribution in [3.05, 3.63) is 41.8 Å². The van der Waals surface area contributed by atoms with Crippen LogP contribution in [0.3, 0.4) is 0 Å². The molecule has 9 heteroatoms. The minimum absolute atomic E-state index is 0.0812. The first-order valence-electron chi connectivity index (χ1n) is 11.3. The lowest BCUT2D eigenvalue weighted by molar-refractivity contribution is -0.140. The Bertz CT molecular complexity index is 1160. The molecule has 34 heavy (non-hydrogen) atoms. The van der Waals surface area contributed by atoms with Crippen LogP contribution in [0.15, 0.2) is 41.8 Å². The van der Waals surface area contributed by atoms with Crippen molar-refractivity contribution in [1.82, 2.24) is 15.2 Å². The van der Waals surface area contributed by atoms with Crippen molar-refractivity contribution in [2.75, 3.05) is 12.0 Å². The van der Waals surface area contributed by atoms with Crippen LogP contribution in [0.25, 0.3) is 22.5 Å². The van der Waals surface area contributed by atoms with Crippen molar-refractivity contribution in [3.63, 3.8) is 0 Å². The average molecular weight is 481 g/mol. The second-order valence-corrected chi connectivity index (χ2v) is 9.72. The summed E-state index contributed by atoms with van der Waals surface area (Å²) in [6.45, 7) is 4.01. The molecule has 0 bridgehead atoms. The fourth-order valence-electron chi connectivity index (χ4n) is 4.01. The van der Waals surface area contributed by atoms with E-state index in [1.165, 1.54) is 11.3 Å². The molecule has 1 atom stereocenters. The summed E-state index contributed by atoms with van der Waals surface area (Å²) in [5.74, 6) is -1.00. The Balaban J connectivity index is 1.65. The number of carboxylic acids is 1. The van der Waals surface area contributed by atoms with Crippen molar-refractivity contribution in [2.24, 2.45) is 11.8 Å². The van der Waals surface area contributed by atoms with Crippen LogP contribution in [0.5, 0.6) is 5.88 Å². The zero-order valence-corrected chi connectivity index (χ0v) is 20.3. The molecule has 0 saturated heterocycles. The summed E-state index contributed by atoms with van der Waals surface area (Å²) in [5.41, 5.74) is 3.20. The lowest BCUT2D eigenvalue weighted by Crippen LogP contribution is -2.39. The van der Waals surface area contributed by atoms with Crippen LogP contribution in [0.4, 0.5) is 5.13 Å². The zero-order chi connectivity index (χ0) is 24.2. The third-order valence-electron chi connectivity index (χ3n) is 5.70. The molecule has 1 fully saturated rings. The maximum atomic E-state index is 13.5. The summed E-state index contributed by atoms with van der Waals surface area (Å²) < 4.78 is 5.11. The molecule has 1 N–H and O–H groups in total. The Morgan fingerprint density at radius 2 is 1.82 bits per heavy atom. The second-order valence-electron chi connectivity index (χ2n) is 8.89. The van der Waals surface area contributed by atoms with Crippen molar-refractivity contribution in [1.29, 1.82) is 0 Å². The highest BCUT2D eigenvalue weighted by molar-refractivity contribution is 7.14. The fourth-order valence-corrected chi connectivity index (χ4v) is 4.91. The number of anilines is 1. The third-order valence-corrected chi connectivity index (χ3v) is 6.54. The molecule has 2 heterocycles. The number of thiazole rings is 1. The van der Waals surface area contributed by atoms with Gasteiger partial charge in [-0.25, -0.2) is 4.98 Å². The van der Waals surface area contributed by atoms with Gasteiger partial charge in [-0.3, -0.25) is 14.5 Å². The van der Waals surface area contributed by atoms with Crippen molar-refractivity contribution in [2.45, 2.75) is 45.6 Å². The molecule has 178 valence electrons. The van der Waals surface area contributed by atoms with E-state index in [0.29, 0.717) is 23.1 Å². The summed E-state index contributed by atoms with van der Waals surface area (Å²) in [6.07, 6.45) is 2.17. The number of benzene rings is 1. The summed E-state index contributed by atoms with van der Waals surface area (Å²) in [4.78, 5) is 31.5. The number of hydrogen-bond acceptors (Lipinski definition) is 7. The molecule has 0 spiro atoms. The molecule has 3 aromatic rings. The largest absolute Gasteiger partial charge is 0.481 e. The topological polar surface area (TPSA) is 106 Å². The first-order valence-corrected chi connectivity index (χ1v) is 12.2. The number of amides is 1. The Labute approximate surface area is 202 Å². The maximum Gasteiger partial charge on any atom is 0.304 e. The molecule has 1 aromatic carbocycles. The van der Waals surface area contributed by atoms with E-state index in [-0.39, 0.29) is 24.3 Å². The second kappa shape index (κ2) is 10.3. The number of carbonyl (C=O) groups excluding carboxylic acids is 1. The molecule has 2 aromatic heterocycles. The molecule has 0 aliphatic heterocycles. The van der Waals surface area contributed by atoms with Gasteiger partial charge < -0.3 is 9.84 Å². The monoisotopic (exact) mass is 480 g/mol. The minimum atomic E-state index is -0.955. The van der Waals surface area contributed by atoms with E-state index in [2.05, 4.69) is 10.2 Å². The van der Waals surface area contributed by atoms with Gasteiger partial charge in [0.05, 0.1) is 24.9 Å². The average Bonchev–Trinajstić information content (AvgIpc) is 3.54. The van der Waals surface area contributed by atoms with Gasteiger partial charge in [0, 0.05) is 34.5 Å². The van der Waals surface area contributed by atoms with Crippen LogP contribution in [-0.2, 0) is 9.59 Å². The van der Waals surface area contributed by atoms with Crippen LogP contribution < -0.4 is 9.64 Å². The number of rotatable bonds is 10. The van der Waals surface area contributed by atoms with Crippen LogP contribution in [0, 0.1) is 11.8 Å². The standard InChI is InChI=1S/C25H28N4O4S/c1-15(2)12-16(13-23(30)31)24(32)29(17-8-9-17)25-26-21(14-34-25)19-7-5-4-6-18(19)20-10-11-22(33-3)28-27-20/h4-7,10-11,14-17H,8-9,12-13H2,1-3H3,(H,30,31)/t16-/m1/s1. The summed E-state index contributed by atoms with van der Waals surface area (Å²) >= 11 is 1.40. The number of aliphatic carboxylic acids is 1. The molecular weight excluding hydrogens is 452 g/mol. The molecule has 1 aliphatic carbocycles. The number of methoxy groups -OCH3 is 1. The van der Waals surface area contributed by atoms with E-state index < -0.39 is 11.9 Å². The number of nitrogens with zero attached hydrogens (tertiary/aromatic N) is 4. The molecular formula is C25H28N4O4S. The normalized spacial score (nSPS) is 14.1. The Kier molecular flexibility index (Phi) is 7.21. The quantitative estimate of drug-likeness (QED) is 0.439. The fraction of sp³-hybridized carbons (Fsp3) is 0.400. The molecule has 0 unspecified atom stereocenters. The highest BCUT2D eigenvalue weighted by Gasteiger charge is 2.39. The van der Waals surface area contributed by atoms with Gasteiger partial charge in [-0.05, 0) is 31.2 Å². The van der Waals surface area contributed by atoms with Gasteiger partial charge in [-0.1, -0.05) is 38.1 Å². The van der Waals surface area contributed by atoms with E-state index in [0.717, 1.165) is 29.7 Å². The number of carboxylic acid groups (broad SMARTS) is 1. The van der Waals surface area contributed by atoms with Gasteiger partial charge in [0.25, 0.3) is 0 Å². The van der Waals surface area contributed by atoms with Crippen molar-refractivity contribution >= 4 is 28.3 Å². The third kappa shape index (κ3) is 5.41. The van der Waals surface area contributed by atoms with Gasteiger partial charge in [0.2, 0.25) is 11.8 Å². The van der Waals surface area contributed by atoms with Gasteiger partial charge in [0.1, 0.15) is 0 Å².